The van der Waals surface area contributed by atoms with Crippen LogP contribution in [-0.2, 0) is 19.6 Å². The summed E-state index contributed by atoms with van der Waals surface area (Å²) in [5, 5.41) is 8.32. The highest BCUT2D eigenvalue weighted by atomic mass is 19.4. The molecule has 11 heteroatoms. The zero-order chi connectivity index (χ0) is 26.2. The normalized spacial score (nSPS) is 11.6. The van der Waals surface area contributed by atoms with Crippen LogP contribution in [0.4, 0.5) is 24.7 Å². The van der Waals surface area contributed by atoms with Crippen LogP contribution in [0.5, 0.6) is 0 Å². The van der Waals surface area contributed by atoms with Crippen molar-refractivity contribution in [3.8, 4) is 11.5 Å². The van der Waals surface area contributed by atoms with Gasteiger partial charge in [0.25, 0.3) is 0 Å². The van der Waals surface area contributed by atoms with Gasteiger partial charge in [-0.15, -0.1) is 0 Å². The third-order valence-corrected chi connectivity index (χ3v) is 5.72. The molecular weight excluding hydrogens is 483 g/mol. The van der Waals surface area contributed by atoms with Gasteiger partial charge >= 0.3 is 6.18 Å². The van der Waals surface area contributed by atoms with Gasteiger partial charge in [-0.05, 0) is 30.2 Å². The van der Waals surface area contributed by atoms with Gasteiger partial charge in [-0.2, -0.15) is 18.3 Å². The third-order valence-electron chi connectivity index (χ3n) is 5.72. The van der Waals surface area contributed by atoms with Crippen LogP contribution in [0.1, 0.15) is 27.0 Å². The van der Waals surface area contributed by atoms with Crippen molar-refractivity contribution in [2.45, 2.75) is 19.5 Å². The molecule has 1 N–H and O–H groups in total. The maximum atomic E-state index is 13.1. The fourth-order valence-corrected chi connectivity index (χ4v) is 3.84. The number of halogens is 3. The molecule has 3 heterocycles. The molecule has 5 aromatic rings. The molecule has 0 saturated carbocycles. The number of hydrogen-bond donors (Lipinski definition) is 1. The summed E-state index contributed by atoms with van der Waals surface area (Å²) in [5.74, 6) is 0.484. The number of fused-ring (bicyclic) bond motifs is 1. The van der Waals surface area contributed by atoms with Crippen molar-refractivity contribution >= 4 is 28.3 Å². The van der Waals surface area contributed by atoms with Crippen LogP contribution in [0.3, 0.4) is 0 Å². The first-order valence-corrected chi connectivity index (χ1v) is 11.2. The number of anilines is 2. The van der Waals surface area contributed by atoms with Crippen molar-refractivity contribution in [1.82, 2.24) is 29.7 Å². The number of ketones is 1. The second-order valence-electron chi connectivity index (χ2n) is 8.48. The number of carbonyl (C=O) groups is 1. The zero-order valence-electron chi connectivity index (χ0n) is 19.8. The number of nitrogens with zero attached hydrogens (tertiary/aromatic N) is 6. The Morgan fingerprint density at radius 2 is 1.92 bits per heavy atom. The van der Waals surface area contributed by atoms with Crippen LogP contribution in [0, 0.1) is 6.92 Å². The molecule has 37 heavy (non-hydrogen) atoms. The number of hydrogen-bond acceptors (Lipinski definition) is 7. The monoisotopic (exact) mass is 503 g/mol. The lowest BCUT2D eigenvalue weighted by atomic mass is 9.99. The second kappa shape index (κ2) is 9.41. The second-order valence-corrected chi connectivity index (χ2v) is 8.48. The topological polar surface area (TPSA) is 98.5 Å². The molecule has 0 amide bonds. The maximum Gasteiger partial charge on any atom is 0.416 e. The van der Waals surface area contributed by atoms with Crippen LogP contribution >= 0.6 is 0 Å². The number of aromatic nitrogens is 6. The minimum atomic E-state index is -4.47. The average Bonchev–Trinajstić information content (AvgIpc) is 3.26. The van der Waals surface area contributed by atoms with E-state index >= 15 is 0 Å². The van der Waals surface area contributed by atoms with E-state index in [0.717, 1.165) is 17.7 Å². The Morgan fingerprint density at radius 3 is 2.68 bits per heavy atom. The van der Waals surface area contributed by atoms with Crippen LogP contribution in [0.25, 0.3) is 22.6 Å². The van der Waals surface area contributed by atoms with Crippen LogP contribution in [-0.4, -0.2) is 35.5 Å². The van der Waals surface area contributed by atoms with E-state index in [2.05, 4.69) is 30.4 Å². The first-order chi connectivity index (χ1) is 17.7. The van der Waals surface area contributed by atoms with Gasteiger partial charge in [0, 0.05) is 43.3 Å². The van der Waals surface area contributed by atoms with Gasteiger partial charge in [0.1, 0.15) is 11.5 Å². The predicted molar refractivity (Wildman–Crippen MR) is 131 cm³/mol. The Morgan fingerprint density at radius 1 is 1.08 bits per heavy atom. The fraction of sp³-hybridized carbons (Fsp3) is 0.154. The number of aryl methyl sites for hydroxylation is 2. The molecule has 0 unspecified atom stereocenters. The third kappa shape index (κ3) is 5.15. The highest BCUT2D eigenvalue weighted by Gasteiger charge is 2.30. The molecule has 0 aliphatic carbocycles. The van der Waals surface area contributed by atoms with E-state index in [1.54, 1.807) is 48.5 Å². The molecule has 2 aromatic carbocycles. The number of alkyl halides is 3. The van der Waals surface area contributed by atoms with Crippen molar-refractivity contribution in [3.05, 3.63) is 89.5 Å². The van der Waals surface area contributed by atoms with Gasteiger partial charge < -0.3 is 5.32 Å². The van der Waals surface area contributed by atoms with E-state index in [4.69, 9.17) is 0 Å². The molecule has 0 aliphatic rings. The summed E-state index contributed by atoms with van der Waals surface area (Å²) in [7, 11) is 1.77. The lowest BCUT2D eigenvalue weighted by Gasteiger charge is -2.13. The fourth-order valence-electron chi connectivity index (χ4n) is 3.84. The van der Waals surface area contributed by atoms with Gasteiger partial charge in [-0.3, -0.25) is 14.5 Å². The zero-order valence-corrected chi connectivity index (χ0v) is 19.8. The van der Waals surface area contributed by atoms with E-state index < -0.39 is 11.7 Å². The van der Waals surface area contributed by atoms with Gasteiger partial charge in [-0.1, -0.05) is 30.3 Å². The van der Waals surface area contributed by atoms with Crippen molar-refractivity contribution in [2.24, 2.45) is 7.05 Å². The summed E-state index contributed by atoms with van der Waals surface area (Å²) >= 11 is 0. The number of carbonyl (C=O) groups excluding carboxylic acids is 1. The highest BCUT2D eigenvalue weighted by molar-refractivity contribution is 5.99. The predicted octanol–water partition coefficient (Wildman–Crippen LogP) is 5.32. The Balaban J connectivity index is 1.47. The van der Waals surface area contributed by atoms with Crippen molar-refractivity contribution in [1.29, 1.82) is 0 Å². The highest BCUT2D eigenvalue weighted by Crippen LogP contribution is 2.31. The number of Topliss-reactive ketones (excluding diaryl/α,β-unsaturated/α-hetero) is 1. The SMILES string of the molecule is Cc1ccc(C(=O)Cc2cccc(C(F)(F)F)c2)cc1Nc1nc(-c2cnccn2)nc2nn(C)cc12. The first-order valence-electron chi connectivity index (χ1n) is 11.2. The molecule has 0 spiro atoms. The average molecular weight is 503 g/mol. The largest absolute Gasteiger partial charge is 0.416 e. The van der Waals surface area contributed by atoms with Gasteiger partial charge in [-0.25, -0.2) is 15.0 Å². The quantitative estimate of drug-likeness (QED) is 0.313. The van der Waals surface area contributed by atoms with E-state index in [1.165, 1.54) is 18.3 Å². The number of rotatable bonds is 6. The van der Waals surface area contributed by atoms with Crippen molar-refractivity contribution in [2.75, 3.05) is 5.32 Å². The molecule has 8 nitrogen and oxygen atoms in total. The van der Waals surface area contributed by atoms with E-state index in [0.29, 0.717) is 39.6 Å². The summed E-state index contributed by atoms with van der Waals surface area (Å²) in [4.78, 5) is 30.4. The minimum Gasteiger partial charge on any atom is -0.339 e. The summed E-state index contributed by atoms with van der Waals surface area (Å²) in [6.45, 7) is 1.87. The van der Waals surface area contributed by atoms with Crippen molar-refractivity contribution in [3.63, 3.8) is 0 Å². The lowest BCUT2D eigenvalue weighted by molar-refractivity contribution is -0.137. The standard InChI is InChI=1S/C26H20F3N7O/c1-15-6-7-17(22(37)11-16-4-3-5-18(10-16)26(27,28)29)12-20(15)32-23-19-14-36(2)35-24(19)34-25(33-23)21-13-30-8-9-31-21/h3-10,12-14H,11H2,1-2H3,(H,32,33,34,35). The van der Waals surface area contributed by atoms with Crippen molar-refractivity contribution < 1.29 is 18.0 Å². The summed E-state index contributed by atoms with van der Waals surface area (Å²) in [5.41, 5.74) is 2.24. The van der Waals surface area contributed by atoms with E-state index in [1.807, 2.05) is 6.92 Å². The molecule has 0 atom stereocenters. The smallest absolute Gasteiger partial charge is 0.339 e. The van der Waals surface area contributed by atoms with Gasteiger partial charge in [0.15, 0.2) is 17.3 Å². The summed E-state index contributed by atoms with van der Waals surface area (Å²) in [6.07, 6.45) is 1.77. The summed E-state index contributed by atoms with van der Waals surface area (Å²) < 4.78 is 40.8. The minimum absolute atomic E-state index is 0.163. The molecule has 0 radical (unpaired) electrons. The van der Waals surface area contributed by atoms with E-state index in [9.17, 15) is 18.0 Å². The Labute approximate surface area is 209 Å². The van der Waals surface area contributed by atoms with Crippen LogP contribution in [0.15, 0.2) is 67.3 Å². The van der Waals surface area contributed by atoms with Gasteiger partial charge in [0.2, 0.25) is 0 Å². The molecule has 0 saturated heterocycles. The lowest BCUT2D eigenvalue weighted by Crippen LogP contribution is -2.08. The molecule has 0 bridgehead atoms. The molecule has 0 fully saturated rings. The Hall–Kier alpha value is -4.67. The Bertz CT molecular complexity index is 1610. The van der Waals surface area contributed by atoms with E-state index in [-0.39, 0.29) is 17.8 Å². The first kappa shape index (κ1) is 24.0. The molecule has 186 valence electrons. The molecule has 5 rings (SSSR count). The van der Waals surface area contributed by atoms with Crippen LogP contribution in [0.2, 0.25) is 0 Å². The maximum absolute atomic E-state index is 13.1. The molecular formula is C26H20F3N7O. The number of nitrogens with one attached hydrogen (secondary N) is 1. The van der Waals surface area contributed by atoms with Crippen LogP contribution < -0.4 is 5.32 Å². The Kier molecular flexibility index (Phi) is 6.12. The number of benzene rings is 2. The molecule has 3 aromatic heterocycles. The van der Waals surface area contributed by atoms with Gasteiger partial charge in [0.05, 0.1) is 17.1 Å². The summed E-state index contributed by atoms with van der Waals surface area (Å²) in [6, 6.07) is 9.88. The molecule has 0 aliphatic heterocycles.